The molecule has 5 nitrogen and oxygen atoms in total. The van der Waals surface area contributed by atoms with E-state index in [-0.39, 0.29) is 6.09 Å². The van der Waals surface area contributed by atoms with Gasteiger partial charge in [0.15, 0.2) is 0 Å². The number of hydrogen-bond donors (Lipinski definition) is 1. The fraction of sp³-hybridized carbons (Fsp3) is 0.950. The molecular weight excluding hydrogens is 314 g/mol. The Morgan fingerprint density at radius 3 is 2.28 bits per heavy atom. The third-order valence-electron chi connectivity index (χ3n) is 6.11. The van der Waals surface area contributed by atoms with Crippen LogP contribution in [0.5, 0.6) is 0 Å². The highest BCUT2D eigenvalue weighted by atomic mass is 16.6. The summed E-state index contributed by atoms with van der Waals surface area (Å²) < 4.78 is 5.52. The third kappa shape index (κ3) is 5.58. The lowest BCUT2D eigenvalue weighted by molar-refractivity contribution is 0.0273. The molecular formula is C20H37N3O2. The van der Waals surface area contributed by atoms with Gasteiger partial charge in [-0.2, -0.15) is 0 Å². The van der Waals surface area contributed by atoms with E-state index in [1.54, 1.807) is 0 Å². The second-order valence-corrected chi connectivity index (χ2v) is 9.28. The number of amides is 1. The summed E-state index contributed by atoms with van der Waals surface area (Å²) in [5, 5.41) is 3.47. The average molecular weight is 352 g/mol. The van der Waals surface area contributed by atoms with Crippen LogP contribution in [-0.2, 0) is 4.74 Å². The lowest BCUT2D eigenvalue weighted by Gasteiger charge is -2.37. The second-order valence-electron chi connectivity index (χ2n) is 9.28. The third-order valence-corrected chi connectivity index (χ3v) is 6.11. The van der Waals surface area contributed by atoms with Gasteiger partial charge in [-0.05, 0) is 97.3 Å². The van der Waals surface area contributed by atoms with Gasteiger partial charge in [0.1, 0.15) is 5.60 Å². The number of hydrogen-bond acceptors (Lipinski definition) is 4. The van der Waals surface area contributed by atoms with Crippen molar-refractivity contribution in [1.29, 1.82) is 0 Å². The van der Waals surface area contributed by atoms with Crippen LogP contribution in [-0.4, -0.2) is 66.8 Å². The summed E-state index contributed by atoms with van der Waals surface area (Å²) in [4.78, 5) is 16.8. The highest BCUT2D eigenvalue weighted by Gasteiger charge is 2.34. The Kier molecular flexibility index (Phi) is 6.26. The van der Waals surface area contributed by atoms with Gasteiger partial charge in [-0.15, -0.1) is 0 Å². The molecule has 0 aromatic heterocycles. The molecule has 3 fully saturated rings. The van der Waals surface area contributed by atoms with Crippen molar-refractivity contribution >= 4 is 6.09 Å². The van der Waals surface area contributed by atoms with Crippen LogP contribution in [0, 0.1) is 11.8 Å². The Morgan fingerprint density at radius 1 is 1.00 bits per heavy atom. The minimum absolute atomic E-state index is 0.143. The van der Waals surface area contributed by atoms with Crippen molar-refractivity contribution in [3.63, 3.8) is 0 Å². The van der Waals surface area contributed by atoms with Gasteiger partial charge in [0.05, 0.1) is 0 Å². The van der Waals surface area contributed by atoms with Gasteiger partial charge in [0.2, 0.25) is 0 Å². The maximum absolute atomic E-state index is 12.2. The van der Waals surface area contributed by atoms with E-state index in [2.05, 4.69) is 10.2 Å². The Hall–Kier alpha value is -0.810. The van der Waals surface area contributed by atoms with Crippen LogP contribution in [0.25, 0.3) is 0 Å². The molecule has 3 aliphatic rings. The first kappa shape index (κ1) is 19.0. The summed E-state index contributed by atoms with van der Waals surface area (Å²) in [6, 6.07) is 0.535. The summed E-state index contributed by atoms with van der Waals surface area (Å²) in [6.07, 6.45) is 7.81. The zero-order valence-electron chi connectivity index (χ0n) is 16.4. The van der Waals surface area contributed by atoms with Crippen LogP contribution >= 0.6 is 0 Å². The number of carbonyl (C=O) groups excluding carboxylic acids is 1. The van der Waals surface area contributed by atoms with E-state index in [1.807, 2.05) is 25.7 Å². The molecule has 25 heavy (non-hydrogen) atoms. The molecule has 0 saturated carbocycles. The first-order valence-corrected chi connectivity index (χ1v) is 10.3. The molecule has 144 valence electrons. The van der Waals surface area contributed by atoms with Gasteiger partial charge in [0, 0.05) is 19.1 Å². The molecule has 3 saturated heterocycles. The molecule has 1 atom stereocenters. The van der Waals surface area contributed by atoms with Gasteiger partial charge in [-0.25, -0.2) is 4.79 Å². The van der Waals surface area contributed by atoms with E-state index in [0.29, 0.717) is 6.04 Å². The van der Waals surface area contributed by atoms with Crippen molar-refractivity contribution in [3.8, 4) is 0 Å². The molecule has 1 N–H and O–H groups in total. The summed E-state index contributed by atoms with van der Waals surface area (Å²) in [7, 11) is 0. The largest absolute Gasteiger partial charge is 0.444 e. The molecule has 5 heteroatoms. The minimum Gasteiger partial charge on any atom is -0.444 e. The molecule has 3 rings (SSSR count). The van der Waals surface area contributed by atoms with Crippen LogP contribution in [0.15, 0.2) is 0 Å². The van der Waals surface area contributed by atoms with Gasteiger partial charge >= 0.3 is 6.09 Å². The van der Waals surface area contributed by atoms with Crippen LogP contribution in [0.1, 0.15) is 59.3 Å². The summed E-state index contributed by atoms with van der Waals surface area (Å²) in [5.74, 6) is 1.87. The van der Waals surface area contributed by atoms with Gasteiger partial charge in [0.25, 0.3) is 0 Å². The van der Waals surface area contributed by atoms with Gasteiger partial charge in [-0.3, -0.25) is 4.90 Å². The van der Waals surface area contributed by atoms with Crippen LogP contribution in [0.4, 0.5) is 4.79 Å². The zero-order valence-corrected chi connectivity index (χ0v) is 16.4. The van der Waals surface area contributed by atoms with E-state index >= 15 is 0 Å². The molecule has 0 spiro atoms. The Morgan fingerprint density at radius 2 is 1.64 bits per heavy atom. The molecule has 0 aliphatic carbocycles. The smallest absolute Gasteiger partial charge is 0.410 e. The number of ether oxygens (including phenoxy) is 1. The highest BCUT2D eigenvalue weighted by molar-refractivity contribution is 5.68. The molecule has 0 unspecified atom stereocenters. The summed E-state index contributed by atoms with van der Waals surface area (Å²) in [6.45, 7) is 12.3. The summed E-state index contributed by atoms with van der Waals surface area (Å²) in [5.41, 5.74) is -0.401. The molecule has 1 amide bonds. The van der Waals surface area contributed by atoms with E-state index < -0.39 is 5.60 Å². The van der Waals surface area contributed by atoms with E-state index in [9.17, 15) is 4.79 Å². The number of carbonyl (C=O) groups is 1. The quantitative estimate of drug-likeness (QED) is 0.849. The lowest BCUT2D eigenvalue weighted by atomic mass is 9.83. The molecule has 3 heterocycles. The fourth-order valence-corrected chi connectivity index (χ4v) is 4.67. The molecule has 0 radical (unpaired) electrons. The zero-order chi connectivity index (χ0) is 17.9. The number of nitrogens with one attached hydrogen (secondary N) is 1. The first-order chi connectivity index (χ1) is 11.9. The van der Waals surface area contributed by atoms with Crippen LogP contribution in [0.2, 0.25) is 0 Å². The standard InChI is InChI=1S/C20H37N3O2/c1-20(2,3)25-19(24)23-13-8-18(15-23)22-11-6-17(7-12-22)14-16-4-9-21-10-5-16/h16-18,21H,4-15H2,1-3H3/t18-/m1/s1. The highest BCUT2D eigenvalue weighted by Crippen LogP contribution is 2.30. The maximum Gasteiger partial charge on any atom is 0.410 e. The molecule has 0 bridgehead atoms. The van der Waals surface area contributed by atoms with E-state index in [0.717, 1.165) is 31.3 Å². The second kappa shape index (κ2) is 8.26. The van der Waals surface area contributed by atoms with Crippen molar-refractivity contribution in [1.82, 2.24) is 15.1 Å². The van der Waals surface area contributed by atoms with Crippen molar-refractivity contribution < 1.29 is 9.53 Å². The van der Waals surface area contributed by atoms with E-state index in [1.165, 1.54) is 58.3 Å². The SMILES string of the molecule is CC(C)(C)OC(=O)N1CC[C@@H](N2CCC(CC3CCNCC3)CC2)C1. The van der Waals surface area contributed by atoms with Crippen LogP contribution in [0.3, 0.4) is 0 Å². The molecule has 0 aromatic carbocycles. The first-order valence-electron chi connectivity index (χ1n) is 10.3. The van der Waals surface area contributed by atoms with E-state index in [4.69, 9.17) is 4.74 Å². The summed E-state index contributed by atoms with van der Waals surface area (Å²) >= 11 is 0. The molecule has 3 aliphatic heterocycles. The predicted octanol–water partition coefficient (Wildman–Crippen LogP) is 3.10. The predicted molar refractivity (Wildman–Crippen MR) is 101 cm³/mol. The maximum atomic E-state index is 12.2. The fourth-order valence-electron chi connectivity index (χ4n) is 4.67. The Labute approximate surface area is 153 Å². The van der Waals surface area contributed by atoms with Crippen molar-refractivity contribution in [2.75, 3.05) is 39.3 Å². The van der Waals surface area contributed by atoms with Crippen LogP contribution < -0.4 is 5.32 Å². The molecule has 0 aromatic rings. The number of likely N-dealkylation sites (tertiary alicyclic amines) is 2. The van der Waals surface area contributed by atoms with Gasteiger partial charge < -0.3 is 15.0 Å². The van der Waals surface area contributed by atoms with Crippen molar-refractivity contribution in [3.05, 3.63) is 0 Å². The number of rotatable bonds is 3. The minimum atomic E-state index is -0.401. The van der Waals surface area contributed by atoms with Gasteiger partial charge in [-0.1, -0.05) is 0 Å². The number of piperidine rings is 2. The monoisotopic (exact) mass is 351 g/mol. The average Bonchev–Trinajstić information content (AvgIpc) is 3.05. The van der Waals surface area contributed by atoms with Crippen molar-refractivity contribution in [2.45, 2.75) is 70.9 Å². The Bertz CT molecular complexity index is 435. The normalized spacial score (nSPS) is 27.6. The Balaban J connectivity index is 1.39. The number of nitrogens with zero attached hydrogens (tertiary/aromatic N) is 2. The van der Waals surface area contributed by atoms with Crippen molar-refractivity contribution in [2.24, 2.45) is 11.8 Å². The topological polar surface area (TPSA) is 44.8 Å². The lowest BCUT2D eigenvalue weighted by Crippen LogP contribution is -2.44.